The number of Topliss-reactive ketones (excluding diaryl/α,β-unsaturated/α-hetero) is 1. The molecule has 2 atom stereocenters. The first-order chi connectivity index (χ1) is 16.3. The molecule has 1 saturated heterocycles. The van der Waals surface area contributed by atoms with Gasteiger partial charge in [0.05, 0.1) is 24.7 Å². The number of piperidine rings is 1. The molecule has 4 rings (SSSR count). The summed E-state index contributed by atoms with van der Waals surface area (Å²) in [6.45, 7) is 2.80. The third-order valence-corrected chi connectivity index (χ3v) is 7.30. The van der Waals surface area contributed by atoms with Crippen LogP contribution in [0.5, 0.6) is 0 Å². The number of hydrogen-bond acceptors (Lipinski definition) is 6. The summed E-state index contributed by atoms with van der Waals surface area (Å²) in [4.78, 5) is 38.0. The number of ketones is 1. The molecule has 1 N–H and O–H groups in total. The lowest BCUT2D eigenvalue weighted by Crippen LogP contribution is -2.43. The van der Waals surface area contributed by atoms with E-state index in [0.29, 0.717) is 30.8 Å². The Labute approximate surface area is 202 Å². The van der Waals surface area contributed by atoms with Gasteiger partial charge in [-0.25, -0.2) is 4.39 Å². The van der Waals surface area contributed by atoms with Crippen LogP contribution in [0.25, 0.3) is 6.08 Å². The Morgan fingerprint density at radius 1 is 1.24 bits per heavy atom. The molecule has 1 saturated carbocycles. The summed E-state index contributed by atoms with van der Waals surface area (Å²) < 4.78 is 16.3. The molecule has 2 heterocycles. The number of aromatic nitrogens is 2. The van der Waals surface area contributed by atoms with Gasteiger partial charge in [0.25, 0.3) is 0 Å². The lowest BCUT2D eigenvalue weighted by molar-refractivity contribution is -0.137. The van der Waals surface area contributed by atoms with E-state index in [-0.39, 0.29) is 40.8 Å². The fourth-order valence-corrected chi connectivity index (χ4v) is 5.29. The van der Waals surface area contributed by atoms with Crippen LogP contribution >= 0.6 is 11.8 Å². The first-order valence-corrected chi connectivity index (χ1v) is 12.3. The minimum absolute atomic E-state index is 0.0102. The van der Waals surface area contributed by atoms with Crippen molar-refractivity contribution in [1.82, 2.24) is 14.7 Å². The SMILES string of the molecule is CC(=O)S[C@H]1CCN(C(C(=O)C2CC2)c2ccccc2F)C/C1=C\c1ccn(CCC(=O)O)n1. The van der Waals surface area contributed by atoms with Crippen molar-refractivity contribution in [1.29, 1.82) is 0 Å². The van der Waals surface area contributed by atoms with E-state index in [1.165, 1.54) is 24.8 Å². The maximum Gasteiger partial charge on any atom is 0.305 e. The minimum Gasteiger partial charge on any atom is -0.481 e. The van der Waals surface area contributed by atoms with E-state index in [1.54, 1.807) is 35.1 Å². The number of carboxylic acids is 1. The summed E-state index contributed by atoms with van der Waals surface area (Å²) in [7, 11) is 0. The van der Waals surface area contributed by atoms with Crippen LogP contribution in [0.2, 0.25) is 0 Å². The van der Waals surface area contributed by atoms with E-state index >= 15 is 0 Å². The summed E-state index contributed by atoms with van der Waals surface area (Å²) in [6.07, 6.45) is 5.94. The molecular formula is C25H28FN3O4S. The third kappa shape index (κ3) is 6.01. The van der Waals surface area contributed by atoms with Gasteiger partial charge in [-0.05, 0) is 43.0 Å². The highest BCUT2D eigenvalue weighted by Crippen LogP contribution is 2.40. The van der Waals surface area contributed by atoms with Crippen LogP contribution in [0.3, 0.4) is 0 Å². The molecule has 1 unspecified atom stereocenters. The lowest BCUT2D eigenvalue weighted by atomic mass is 9.93. The van der Waals surface area contributed by atoms with Gasteiger partial charge in [0.15, 0.2) is 10.9 Å². The second kappa shape index (κ2) is 10.7. The summed E-state index contributed by atoms with van der Waals surface area (Å²) in [5.41, 5.74) is 2.00. The number of benzene rings is 1. The number of thioether (sulfide) groups is 1. The highest BCUT2D eigenvalue weighted by atomic mass is 32.2. The van der Waals surface area contributed by atoms with Crippen LogP contribution < -0.4 is 0 Å². The standard InChI is InChI=1S/C25H28FN3O4S/c1-16(30)34-22-9-11-28(15-18(22)14-19-8-12-29(27-19)13-10-23(31)32)24(25(33)17-6-7-17)20-4-2-3-5-21(20)26/h2-5,8,12,14,17,22,24H,6-7,9-11,13,15H2,1H3,(H,31,32)/b18-14+/t22-,24?/m0/s1. The fourth-order valence-electron chi connectivity index (χ4n) is 4.37. The molecule has 9 heteroatoms. The summed E-state index contributed by atoms with van der Waals surface area (Å²) in [5, 5.41) is 13.3. The highest BCUT2D eigenvalue weighted by Gasteiger charge is 2.41. The maximum absolute atomic E-state index is 14.8. The molecule has 0 spiro atoms. The van der Waals surface area contributed by atoms with Crippen molar-refractivity contribution in [2.24, 2.45) is 5.92 Å². The normalized spacial score (nSPS) is 20.9. The molecule has 1 aromatic heterocycles. The molecule has 7 nitrogen and oxygen atoms in total. The lowest BCUT2D eigenvalue weighted by Gasteiger charge is -2.38. The van der Waals surface area contributed by atoms with Crippen LogP contribution in [0.15, 0.2) is 42.1 Å². The third-order valence-electron chi connectivity index (χ3n) is 6.15. The predicted octanol–water partition coefficient (Wildman–Crippen LogP) is 3.95. The molecule has 180 valence electrons. The number of nitrogens with zero attached hydrogens (tertiary/aromatic N) is 3. The van der Waals surface area contributed by atoms with Gasteiger partial charge in [0, 0.05) is 42.9 Å². The molecule has 2 fully saturated rings. The molecule has 2 aliphatic rings. The quantitative estimate of drug-likeness (QED) is 0.575. The molecule has 0 bridgehead atoms. The highest BCUT2D eigenvalue weighted by molar-refractivity contribution is 8.14. The summed E-state index contributed by atoms with van der Waals surface area (Å²) in [5.74, 6) is -1.24. The number of aliphatic carboxylic acids is 1. The first kappa shape index (κ1) is 24.3. The summed E-state index contributed by atoms with van der Waals surface area (Å²) in [6, 6.07) is 7.59. The molecule has 1 aromatic carbocycles. The van der Waals surface area contributed by atoms with E-state index in [0.717, 1.165) is 18.4 Å². The molecule has 0 amide bonds. The summed E-state index contributed by atoms with van der Waals surface area (Å²) >= 11 is 1.26. The van der Waals surface area contributed by atoms with Crippen molar-refractivity contribution in [2.45, 2.75) is 50.4 Å². The number of aryl methyl sites for hydroxylation is 1. The number of carbonyl (C=O) groups is 3. The van der Waals surface area contributed by atoms with Crippen LogP contribution in [0.4, 0.5) is 4.39 Å². The van der Waals surface area contributed by atoms with Crippen LogP contribution in [0, 0.1) is 11.7 Å². The number of halogens is 1. The van der Waals surface area contributed by atoms with Gasteiger partial charge in [-0.15, -0.1) is 0 Å². The molecule has 1 aliphatic heterocycles. The molecule has 2 aromatic rings. The van der Waals surface area contributed by atoms with E-state index in [9.17, 15) is 18.8 Å². The predicted molar refractivity (Wildman–Crippen MR) is 128 cm³/mol. The Balaban J connectivity index is 1.62. The fraction of sp³-hybridized carbons (Fsp3) is 0.440. The van der Waals surface area contributed by atoms with Gasteiger partial charge in [0.1, 0.15) is 5.82 Å². The van der Waals surface area contributed by atoms with Gasteiger partial charge in [0.2, 0.25) is 0 Å². The average Bonchev–Trinajstić information content (AvgIpc) is 3.55. The molecule has 1 aliphatic carbocycles. The van der Waals surface area contributed by atoms with Gasteiger partial charge in [-0.2, -0.15) is 5.10 Å². The second-order valence-corrected chi connectivity index (χ2v) is 10.2. The van der Waals surface area contributed by atoms with Gasteiger partial charge in [-0.3, -0.25) is 24.0 Å². The van der Waals surface area contributed by atoms with E-state index in [4.69, 9.17) is 5.11 Å². The van der Waals surface area contributed by atoms with Crippen molar-refractivity contribution < 1.29 is 23.9 Å². The van der Waals surface area contributed by atoms with Crippen LogP contribution in [0.1, 0.15) is 49.9 Å². The number of rotatable bonds is 9. The van der Waals surface area contributed by atoms with Crippen molar-refractivity contribution in [3.05, 3.63) is 59.2 Å². The van der Waals surface area contributed by atoms with E-state index in [2.05, 4.69) is 5.10 Å². The number of likely N-dealkylation sites (tertiary alicyclic amines) is 1. The Bertz CT molecular complexity index is 1110. The van der Waals surface area contributed by atoms with Crippen molar-refractivity contribution >= 4 is 34.7 Å². The molecular weight excluding hydrogens is 457 g/mol. The number of carbonyl (C=O) groups excluding carboxylic acids is 2. The van der Waals surface area contributed by atoms with Crippen molar-refractivity contribution in [3.8, 4) is 0 Å². The zero-order valence-electron chi connectivity index (χ0n) is 19.0. The average molecular weight is 486 g/mol. The van der Waals surface area contributed by atoms with E-state index in [1.807, 2.05) is 11.0 Å². The van der Waals surface area contributed by atoms with Crippen LogP contribution in [-0.2, 0) is 20.9 Å². The minimum atomic E-state index is -0.893. The number of hydrogen-bond donors (Lipinski definition) is 1. The van der Waals surface area contributed by atoms with Crippen LogP contribution in [-0.4, -0.2) is 55.0 Å². The maximum atomic E-state index is 14.8. The van der Waals surface area contributed by atoms with Crippen molar-refractivity contribution in [2.75, 3.05) is 13.1 Å². The zero-order chi connectivity index (χ0) is 24.2. The Kier molecular flexibility index (Phi) is 7.63. The second-order valence-electron chi connectivity index (χ2n) is 8.82. The van der Waals surface area contributed by atoms with Gasteiger partial charge < -0.3 is 5.11 Å². The number of carboxylic acid groups (broad SMARTS) is 1. The topological polar surface area (TPSA) is 92.5 Å². The first-order valence-electron chi connectivity index (χ1n) is 11.5. The Morgan fingerprint density at radius 2 is 2.00 bits per heavy atom. The molecule has 34 heavy (non-hydrogen) atoms. The largest absolute Gasteiger partial charge is 0.481 e. The Hall–Kier alpha value is -2.78. The Morgan fingerprint density at radius 3 is 2.68 bits per heavy atom. The monoisotopic (exact) mass is 485 g/mol. The van der Waals surface area contributed by atoms with E-state index < -0.39 is 12.0 Å². The van der Waals surface area contributed by atoms with Crippen molar-refractivity contribution in [3.63, 3.8) is 0 Å². The van der Waals surface area contributed by atoms with Gasteiger partial charge >= 0.3 is 5.97 Å². The van der Waals surface area contributed by atoms with Gasteiger partial charge in [-0.1, -0.05) is 30.0 Å². The molecule has 0 radical (unpaired) electrons. The smallest absolute Gasteiger partial charge is 0.305 e. The zero-order valence-corrected chi connectivity index (χ0v) is 19.8.